The molecular formula is C47H42BBr3F4N8O2. The quantitative estimate of drug-likeness (QED) is 0.0751. The highest BCUT2D eigenvalue weighted by Crippen LogP contribution is 2.46. The fourth-order valence-electron chi connectivity index (χ4n) is 8.42. The van der Waals surface area contributed by atoms with Crippen LogP contribution in [0.1, 0.15) is 78.4 Å². The minimum Gasteiger partial charge on any atom is -0.397 e. The standard InChI is InChI=1S/C27H24F2N4O.C20H18F2N4O.BBr3/c1-16-8-25-20(11-24(16)31-2)22(21-12-32-13-23(30)26(21)27(28)29)14-33(25)18-9-19(10-18)34-15-17-6-4-3-5-7-17;1-10-3-18-13(6-17(10)24-2)15(9-26(18)11-4-12(27)5-11)14-7-25-8-16(23)19(14)20(21)22;2-1(3)4/h3-8,11-14,18-19,27H,9-10,15,30H2,1H3;3,6-9,11-12,20,27H,4-5,23H2,1H3;. The summed E-state index contributed by atoms with van der Waals surface area (Å²) < 4.78 is 65.7. The summed E-state index contributed by atoms with van der Waals surface area (Å²) in [7, 11) is 0. The number of aromatic nitrogens is 4. The molecule has 2 aliphatic rings. The second-order valence-electron chi connectivity index (χ2n) is 16.0. The molecule has 0 amide bonds. The van der Waals surface area contributed by atoms with Crippen molar-refractivity contribution in [2.24, 2.45) is 0 Å². The van der Waals surface area contributed by atoms with Crippen LogP contribution in [0.15, 0.2) is 91.8 Å². The molecule has 2 aliphatic carbocycles. The Hall–Kier alpha value is -5.24. The number of halogens is 7. The highest BCUT2D eigenvalue weighted by molar-refractivity contribution is 9.69. The predicted octanol–water partition coefficient (Wildman–Crippen LogP) is 13.9. The van der Waals surface area contributed by atoms with Crippen LogP contribution in [0.5, 0.6) is 0 Å². The zero-order valence-electron chi connectivity index (χ0n) is 35.1. The van der Waals surface area contributed by atoms with Crippen LogP contribution in [0.4, 0.5) is 40.3 Å². The zero-order valence-corrected chi connectivity index (χ0v) is 39.8. The van der Waals surface area contributed by atoms with Crippen LogP contribution in [0.2, 0.25) is 0 Å². The first-order valence-corrected chi connectivity index (χ1v) is 23.2. The Balaban J connectivity index is 0.000000183. The Morgan fingerprint density at radius 3 is 1.55 bits per heavy atom. The molecule has 4 heterocycles. The number of aryl methyl sites for hydroxylation is 2. The molecule has 10 nitrogen and oxygen atoms in total. The molecule has 3 aromatic carbocycles. The fourth-order valence-corrected chi connectivity index (χ4v) is 8.42. The smallest absolute Gasteiger partial charge is 0.369 e. The number of rotatable bonds is 9. The lowest BCUT2D eigenvalue weighted by atomic mass is 9.88. The third-order valence-electron chi connectivity index (χ3n) is 11.9. The van der Waals surface area contributed by atoms with Gasteiger partial charge in [0.2, 0.25) is 0 Å². The summed E-state index contributed by atoms with van der Waals surface area (Å²) in [4.78, 5) is 15.2. The SMILES string of the molecule is BrB(Br)Br.[C-]#[N+]c1cc2c(-c3cncc(N)c3C(F)F)cn(C3CC(O)C3)c2cc1C.[C-]#[N+]c1cc2c(-c3cncc(N)c3C(F)F)cn(C3CC(OCc4ccccc4)C3)c2cc1C. The summed E-state index contributed by atoms with van der Waals surface area (Å²) in [6.45, 7) is 19.2. The minimum atomic E-state index is -2.74. The Bertz CT molecular complexity index is 2920. The second kappa shape index (κ2) is 20.5. The average molecular weight is 1080 g/mol. The van der Waals surface area contributed by atoms with Crippen molar-refractivity contribution in [1.82, 2.24) is 19.1 Å². The van der Waals surface area contributed by atoms with E-state index >= 15 is 0 Å². The van der Waals surface area contributed by atoms with Crippen LogP contribution < -0.4 is 11.5 Å². The zero-order chi connectivity index (χ0) is 46.7. The molecule has 65 heavy (non-hydrogen) atoms. The van der Waals surface area contributed by atoms with Gasteiger partial charge in [-0.1, -0.05) is 30.3 Å². The van der Waals surface area contributed by atoms with E-state index in [0.29, 0.717) is 52.9 Å². The van der Waals surface area contributed by atoms with Gasteiger partial charge in [-0.2, -0.15) is 0 Å². The lowest BCUT2D eigenvalue weighted by Crippen LogP contribution is -2.32. The van der Waals surface area contributed by atoms with Crippen LogP contribution >= 0.6 is 47.3 Å². The maximum Gasteiger partial charge on any atom is 0.369 e. The topological polar surface area (TPSA) is 126 Å². The Labute approximate surface area is 398 Å². The van der Waals surface area contributed by atoms with Crippen LogP contribution in [-0.2, 0) is 11.3 Å². The molecule has 0 unspecified atom stereocenters. The summed E-state index contributed by atoms with van der Waals surface area (Å²) in [5.41, 5.74) is 18.4. The van der Waals surface area contributed by atoms with Crippen LogP contribution in [0.25, 0.3) is 53.7 Å². The molecule has 2 saturated carbocycles. The highest BCUT2D eigenvalue weighted by Gasteiger charge is 2.34. The van der Waals surface area contributed by atoms with Crippen LogP contribution in [0.3, 0.4) is 0 Å². The number of nitrogen functional groups attached to an aromatic ring is 2. The molecule has 9 rings (SSSR count). The van der Waals surface area contributed by atoms with E-state index in [1.54, 1.807) is 12.1 Å². The van der Waals surface area contributed by atoms with Gasteiger partial charge in [0.1, 0.15) is 0 Å². The van der Waals surface area contributed by atoms with E-state index < -0.39 is 12.9 Å². The molecule has 5 N–H and O–H groups in total. The predicted molar refractivity (Wildman–Crippen MR) is 261 cm³/mol. The maximum atomic E-state index is 13.9. The van der Waals surface area contributed by atoms with Crippen molar-refractivity contribution in [2.75, 3.05) is 11.5 Å². The van der Waals surface area contributed by atoms with Gasteiger partial charge in [-0.3, -0.25) is 9.97 Å². The molecule has 334 valence electrons. The number of hydrogen-bond donors (Lipinski definition) is 3. The molecule has 2 fully saturated rings. The van der Waals surface area contributed by atoms with E-state index in [2.05, 4.69) is 71.5 Å². The number of aliphatic hydroxyl groups is 1. The number of nitrogens with zero attached hydrogens (tertiary/aromatic N) is 6. The van der Waals surface area contributed by atoms with Crippen molar-refractivity contribution < 1.29 is 27.4 Å². The lowest BCUT2D eigenvalue weighted by molar-refractivity contribution is -0.0346. The van der Waals surface area contributed by atoms with Crippen molar-refractivity contribution >= 4 is 95.0 Å². The van der Waals surface area contributed by atoms with Gasteiger partial charge in [0.15, 0.2) is 11.4 Å². The van der Waals surface area contributed by atoms with Crippen molar-refractivity contribution in [2.45, 2.75) is 83.3 Å². The van der Waals surface area contributed by atoms with E-state index in [-0.39, 0.29) is 55.5 Å². The third-order valence-corrected chi connectivity index (χ3v) is 11.9. The number of alkyl halides is 4. The Kier molecular flexibility index (Phi) is 15.1. The number of aliphatic hydroxyl groups excluding tert-OH is 1. The maximum absolute atomic E-state index is 13.9. The molecule has 7 aromatic rings. The largest absolute Gasteiger partial charge is 0.397 e. The van der Waals surface area contributed by atoms with Gasteiger partial charge in [-0.25, -0.2) is 27.3 Å². The molecule has 18 heteroatoms. The number of anilines is 2. The molecule has 0 atom stereocenters. The number of benzene rings is 3. The van der Waals surface area contributed by atoms with E-state index in [4.69, 9.17) is 29.3 Å². The van der Waals surface area contributed by atoms with Crippen LogP contribution in [0, 0.1) is 27.0 Å². The number of pyridine rings is 2. The molecule has 0 radical (unpaired) electrons. The fraction of sp³-hybridized carbons (Fsp3) is 0.277. The first-order chi connectivity index (χ1) is 31.1. The molecule has 0 saturated heterocycles. The summed E-state index contributed by atoms with van der Waals surface area (Å²) in [6, 6.07) is 17.7. The highest BCUT2D eigenvalue weighted by atomic mass is 79.9. The normalized spacial score (nSPS) is 17.6. The van der Waals surface area contributed by atoms with Crippen molar-refractivity contribution in [1.29, 1.82) is 0 Å². The van der Waals surface area contributed by atoms with Gasteiger partial charge in [-0.05, 0) is 91.3 Å². The molecule has 0 bridgehead atoms. The monoisotopic (exact) mass is 1070 g/mol. The summed E-state index contributed by atoms with van der Waals surface area (Å²) >= 11 is 9.31. The van der Waals surface area contributed by atoms with E-state index in [0.717, 1.165) is 46.0 Å². The molecule has 0 spiro atoms. The third kappa shape index (κ3) is 10.3. The van der Waals surface area contributed by atoms with Gasteiger partial charge in [0.25, 0.3) is 12.9 Å². The van der Waals surface area contributed by atoms with Gasteiger partial charge in [0, 0.05) is 70.2 Å². The van der Waals surface area contributed by atoms with Crippen molar-refractivity contribution in [3.05, 3.63) is 142 Å². The van der Waals surface area contributed by atoms with Gasteiger partial charge < -0.3 is 30.4 Å². The summed E-state index contributed by atoms with van der Waals surface area (Å²) in [5, 5.41) is 11.1. The number of nitrogens with two attached hydrogens (primary N) is 2. The van der Waals surface area contributed by atoms with Gasteiger partial charge in [0.05, 0.1) is 66.9 Å². The van der Waals surface area contributed by atoms with Crippen molar-refractivity contribution in [3.8, 4) is 22.3 Å². The van der Waals surface area contributed by atoms with Gasteiger partial charge >= 0.3 is 3.18 Å². The molecule has 0 aliphatic heterocycles. The lowest BCUT2D eigenvalue weighted by Gasteiger charge is -2.36. The summed E-state index contributed by atoms with van der Waals surface area (Å²) in [6.07, 6.45) is 6.23. The van der Waals surface area contributed by atoms with E-state index in [1.807, 2.05) is 73.3 Å². The minimum absolute atomic E-state index is 0.0380. The second-order valence-corrected chi connectivity index (χ2v) is 22.4. The summed E-state index contributed by atoms with van der Waals surface area (Å²) in [5.74, 6) is 0. The van der Waals surface area contributed by atoms with E-state index in [9.17, 15) is 22.7 Å². The number of fused-ring (bicyclic) bond motifs is 2. The average Bonchev–Trinajstić information content (AvgIpc) is 3.78. The van der Waals surface area contributed by atoms with Crippen LogP contribution in [-0.4, -0.2) is 39.6 Å². The number of ether oxygens (including phenoxy) is 1. The number of hydrogen-bond acceptors (Lipinski definition) is 6. The van der Waals surface area contributed by atoms with E-state index in [1.165, 1.54) is 24.8 Å². The van der Waals surface area contributed by atoms with Gasteiger partial charge in [-0.15, -0.1) is 47.3 Å². The van der Waals surface area contributed by atoms with Crippen molar-refractivity contribution in [3.63, 3.8) is 0 Å². The Morgan fingerprint density at radius 1 is 0.723 bits per heavy atom. The molecular weight excluding hydrogens is 1040 g/mol. The first kappa shape index (κ1) is 47.7. The Morgan fingerprint density at radius 2 is 1.15 bits per heavy atom. The first-order valence-electron chi connectivity index (χ1n) is 20.4. The molecule has 4 aromatic heterocycles.